The van der Waals surface area contributed by atoms with Gasteiger partial charge in [0.25, 0.3) is 5.91 Å². The molecule has 2 aromatic carbocycles. The Labute approximate surface area is 197 Å². The highest BCUT2D eigenvalue weighted by Gasteiger charge is 2.28. The van der Waals surface area contributed by atoms with Crippen molar-refractivity contribution in [1.82, 2.24) is 20.6 Å². The van der Waals surface area contributed by atoms with Gasteiger partial charge in [-0.25, -0.2) is 13.1 Å². The lowest BCUT2D eigenvalue weighted by atomic mass is 9.82. The Hall–Kier alpha value is -2.88. The number of para-hydroxylation sites is 1. The molecule has 0 spiro atoms. The van der Waals surface area contributed by atoms with Gasteiger partial charge in [-0.05, 0) is 55.9 Å². The molecule has 1 aliphatic carbocycles. The summed E-state index contributed by atoms with van der Waals surface area (Å²) in [6, 6.07) is 15.6. The van der Waals surface area contributed by atoms with E-state index in [-0.39, 0.29) is 27.7 Å². The van der Waals surface area contributed by atoms with E-state index in [1.807, 2.05) is 24.3 Å². The first-order valence-corrected chi connectivity index (χ1v) is 12.6. The minimum absolute atomic E-state index is 0.0606. The first kappa shape index (κ1) is 23.3. The standard InChI is InChI=1S/C23H25ClN4O4S/c24-18-6-2-4-8-21(18)33(31,32)25-14-15-9-11-16(12-10-15)22(29)27-28-23(30)20-13-17-5-1-3-7-19(17)26-20/h1-8,13,15-16,25-26H,9-12,14H2,(H,27,29)(H,28,30). The molecule has 0 atom stereocenters. The van der Waals surface area contributed by atoms with E-state index in [0.717, 1.165) is 10.9 Å². The van der Waals surface area contributed by atoms with Gasteiger partial charge in [0.15, 0.2) is 0 Å². The topological polar surface area (TPSA) is 120 Å². The molecule has 4 rings (SSSR count). The molecule has 1 heterocycles. The van der Waals surface area contributed by atoms with E-state index in [1.54, 1.807) is 18.2 Å². The van der Waals surface area contributed by atoms with Crippen molar-refractivity contribution in [3.05, 3.63) is 65.3 Å². The molecule has 33 heavy (non-hydrogen) atoms. The summed E-state index contributed by atoms with van der Waals surface area (Å²) in [7, 11) is -3.69. The number of carbonyl (C=O) groups is 2. The van der Waals surface area contributed by atoms with Gasteiger partial charge < -0.3 is 4.98 Å². The third-order valence-corrected chi connectivity index (χ3v) is 7.90. The predicted octanol–water partition coefficient (Wildman–Crippen LogP) is 3.37. The SMILES string of the molecule is O=C(NNC(=O)C1CCC(CNS(=O)(=O)c2ccccc2Cl)CC1)c1cc2ccccc2[nH]1. The van der Waals surface area contributed by atoms with Crippen LogP contribution in [0.15, 0.2) is 59.5 Å². The fourth-order valence-electron chi connectivity index (χ4n) is 4.08. The number of H-pyrrole nitrogens is 1. The van der Waals surface area contributed by atoms with Gasteiger partial charge in [-0.1, -0.05) is 41.9 Å². The summed E-state index contributed by atoms with van der Waals surface area (Å²) < 4.78 is 27.6. The number of nitrogens with one attached hydrogen (secondary N) is 4. The molecule has 0 bridgehead atoms. The van der Waals surface area contributed by atoms with Crippen LogP contribution in [0.1, 0.15) is 36.2 Å². The second kappa shape index (κ2) is 9.94. The van der Waals surface area contributed by atoms with Crippen LogP contribution in [-0.4, -0.2) is 31.8 Å². The smallest absolute Gasteiger partial charge is 0.286 e. The fourth-order valence-corrected chi connectivity index (χ4v) is 5.71. The normalized spacial score (nSPS) is 18.7. The van der Waals surface area contributed by atoms with Crippen molar-refractivity contribution in [1.29, 1.82) is 0 Å². The molecule has 0 saturated heterocycles. The summed E-state index contributed by atoms with van der Waals surface area (Å²) in [5, 5.41) is 1.09. The van der Waals surface area contributed by atoms with E-state index in [1.165, 1.54) is 12.1 Å². The van der Waals surface area contributed by atoms with Crippen LogP contribution in [0.2, 0.25) is 5.02 Å². The Morgan fingerprint density at radius 1 is 0.970 bits per heavy atom. The molecular weight excluding hydrogens is 464 g/mol. The zero-order chi connectivity index (χ0) is 23.4. The molecule has 0 aliphatic heterocycles. The minimum Gasteiger partial charge on any atom is -0.350 e. The molecule has 4 N–H and O–H groups in total. The Bertz CT molecular complexity index is 1230. The van der Waals surface area contributed by atoms with Crippen molar-refractivity contribution in [2.24, 2.45) is 11.8 Å². The molecule has 1 saturated carbocycles. The molecule has 8 nitrogen and oxygen atoms in total. The Balaban J connectivity index is 1.22. The Kier molecular flexibility index (Phi) is 7.02. The van der Waals surface area contributed by atoms with Gasteiger partial charge in [0.1, 0.15) is 10.6 Å². The number of hydrogen-bond acceptors (Lipinski definition) is 4. The molecule has 1 fully saturated rings. The summed E-state index contributed by atoms with van der Waals surface area (Å²) in [4.78, 5) is 27.9. The van der Waals surface area contributed by atoms with E-state index in [9.17, 15) is 18.0 Å². The van der Waals surface area contributed by atoms with Gasteiger partial charge in [-0.3, -0.25) is 20.4 Å². The quantitative estimate of drug-likeness (QED) is 0.397. The summed E-state index contributed by atoms with van der Waals surface area (Å²) in [6.45, 7) is 0.291. The third-order valence-electron chi connectivity index (χ3n) is 5.98. The maximum absolute atomic E-state index is 12.5. The maximum atomic E-state index is 12.5. The van der Waals surface area contributed by atoms with E-state index in [2.05, 4.69) is 20.6 Å². The molecule has 0 radical (unpaired) electrons. The summed E-state index contributed by atoms with van der Waals surface area (Å²) in [5.41, 5.74) is 6.18. The van der Waals surface area contributed by atoms with Crippen LogP contribution in [0.5, 0.6) is 0 Å². The fraction of sp³-hybridized carbons (Fsp3) is 0.304. The Morgan fingerprint density at radius 3 is 2.39 bits per heavy atom. The number of aromatic amines is 1. The van der Waals surface area contributed by atoms with Crippen LogP contribution >= 0.6 is 11.6 Å². The molecule has 10 heteroatoms. The first-order chi connectivity index (χ1) is 15.8. The summed E-state index contributed by atoms with van der Waals surface area (Å²) in [5.74, 6) is -0.756. The zero-order valence-corrected chi connectivity index (χ0v) is 19.4. The number of hydrogen-bond donors (Lipinski definition) is 4. The lowest BCUT2D eigenvalue weighted by Crippen LogP contribution is -2.45. The van der Waals surface area contributed by atoms with Crippen LogP contribution in [0.3, 0.4) is 0 Å². The zero-order valence-electron chi connectivity index (χ0n) is 17.8. The highest BCUT2D eigenvalue weighted by atomic mass is 35.5. The van der Waals surface area contributed by atoms with Crippen LogP contribution < -0.4 is 15.6 Å². The Morgan fingerprint density at radius 2 is 1.67 bits per heavy atom. The van der Waals surface area contributed by atoms with Crippen molar-refractivity contribution in [2.45, 2.75) is 30.6 Å². The highest BCUT2D eigenvalue weighted by molar-refractivity contribution is 7.89. The number of hydrazine groups is 1. The van der Waals surface area contributed by atoms with E-state index < -0.39 is 15.9 Å². The van der Waals surface area contributed by atoms with Crippen LogP contribution in [0.4, 0.5) is 0 Å². The third kappa shape index (κ3) is 5.55. The van der Waals surface area contributed by atoms with Crippen molar-refractivity contribution in [3.63, 3.8) is 0 Å². The number of carbonyl (C=O) groups excluding carboxylic acids is 2. The second-order valence-corrected chi connectivity index (χ2v) is 10.4. The first-order valence-electron chi connectivity index (χ1n) is 10.8. The number of rotatable bonds is 6. The van der Waals surface area contributed by atoms with Crippen LogP contribution in [-0.2, 0) is 14.8 Å². The molecule has 174 valence electrons. The van der Waals surface area contributed by atoms with Gasteiger partial charge in [0.2, 0.25) is 15.9 Å². The molecule has 1 aromatic heterocycles. The van der Waals surface area contributed by atoms with Gasteiger partial charge in [-0.15, -0.1) is 0 Å². The lowest BCUT2D eigenvalue weighted by Gasteiger charge is -2.27. The summed E-state index contributed by atoms with van der Waals surface area (Å²) in [6.07, 6.45) is 2.65. The maximum Gasteiger partial charge on any atom is 0.286 e. The van der Waals surface area contributed by atoms with Crippen molar-refractivity contribution in [2.75, 3.05) is 6.54 Å². The molecule has 2 amide bonds. The van der Waals surface area contributed by atoms with Gasteiger partial charge in [-0.2, -0.15) is 0 Å². The average Bonchev–Trinajstić information content (AvgIpc) is 3.26. The van der Waals surface area contributed by atoms with Crippen molar-refractivity contribution >= 4 is 44.3 Å². The van der Waals surface area contributed by atoms with Crippen LogP contribution in [0.25, 0.3) is 10.9 Å². The lowest BCUT2D eigenvalue weighted by molar-refractivity contribution is -0.127. The van der Waals surface area contributed by atoms with Crippen molar-refractivity contribution in [3.8, 4) is 0 Å². The number of aromatic nitrogens is 1. The number of amides is 2. The van der Waals surface area contributed by atoms with Crippen molar-refractivity contribution < 1.29 is 18.0 Å². The number of halogens is 1. The van der Waals surface area contributed by atoms with E-state index in [4.69, 9.17) is 11.6 Å². The molecule has 3 aromatic rings. The summed E-state index contributed by atoms with van der Waals surface area (Å²) >= 11 is 6.00. The van der Waals surface area contributed by atoms with Gasteiger partial charge in [0, 0.05) is 23.4 Å². The average molecular weight is 489 g/mol. The molecule has 1 aliphatic rings. The van der Waals surface area contributed by atoms with Crippen LogP contribution in [0, 0.1) is 11.8 Å². The number of sulfonamides is 1. The molecule has 0 unspecified atom stereocenters. The van der Waals surface area contributed by atoms with E-state index >= 15 is 0 Å². The predicted molar refractivity (Wildman–Crippen MR) is 126 cm³/mol. The number of fused-ring (bicyclic) bond motifs is 1. The molecular formula is C23H25ClN4O4S. The number of benzene rings is 2. The monoisotopic (exact) mass is 488 g/mol. The minimum atomic E-state index is -3.69. The second-order valence-electron chi connectivity index (χ2n) is 8.21. The van der Waals surface area contributed by atoms with Gasteiger partial charge >= 0.3 is 0 Å². The highest BCUT2D eigenvalue weighted by Crippen LogP contribution is 2.29. The van der Waals surface area contributed by atoms with Gasteiger partial charge in [0.05, 0.1) is 5.02 Å². The van der Waals surface area contributed by atoms with E-state index in [0.29, 0.717) is 37.9 Å². The largest absolute Gasteiger partial charge is 0.350 e.